The summed E-state index contributed by atoms with van der Waals surface area (Å²) in [6.45, 7) is 5.94. The SMILES string of the molecule is CCOc1ccc(NC(=O)[C@@H](C)OC(=O)Cc2cc(C)ccc2OC)cc1. The molecule has 144 valence electrons. The maximum Gasteiger partial charge on any atom is 0.311 e. The summed E-state index contributed by atoms with van der Waals surface area (Å²) in [5.74, 6) is 0.447. The van der Waals surface area contributed by atoms with E-state index in [-0.39, 0.29) is 6.42 Å². The third-order valence-electron chi connectivity index (χ3n) is 3.88. The minimum Gasteiger partial charge on any atom is -0.496 e. The number of amides is 1. The van der Waals surface area contributed by atoms with Gasteiger partial charge in [0.2, 0.25) is 0 Å². The summed E-state index contributed by atoms with van der Waals surface area (Å²) >= 11 is 0. The molecule has 1 atom stereocenters. The first-order chi connectivity index (χ1) is 12.9. The molecule has 0 heterocycles. The highest BCUT2D eigenvalue weighted by molar-refractivity contribution is 5.95. The van der Waals surface area contributed by atoms with E-state index in [2.05, 4.69) is 5.32 Å². The molecule has 2 aromatic rings. The number of nitrogens with one attached hydrogen (secondary N) is 1. The van der Waals surface area contributed by atoms with Crippen molar-refractivity contribution < 1.29 is 23.8 Å². The average molecular weight is 371 g/mol. The Bertz CT molecular complexity index is 786. The van der Waals surface area contributed by atoms with Gasteiger partial charge >= 0.3 is 5.97 Å². The molecule has 2 rings (SSSR count). The van der Waals surface area contributed by atoms with Gasteiger partial charge in [0, 0.05) is 11.3 Å². The number of rotatable bonds is 8. The first-order valence-electron chi connectivity index (χ1n) is 8.79. The fraction of sp³-hybridized carbons (Fsp3) is 0.333. The number of methoxy groups -OCH3 is 1. The van der Waals surface area contributed by atoms with Gasteiger partial charge in [-0.2, -0.15) is 0 Å². The van der Waals surface area contributed by atoms with E-state index in [9.17, 15) is 9.59 Å². The highest BCUT2D eigenvalue weighted by atomic mass is 16.5. The molecule has 1 amide bonds. The van der Waals surface area contributed by atoms with E-state index in [1.807, 2.05) is 26.0 Å². The van der Waals surface area contributed by atoms with Crippen molar-refractivity contribution in [1.29, 1.82) is 0 Å². The third kappa shape index (κ3) is 6.02. The minimum atomic E-state index is -0.917. The quantitative estimate of drug-likeness (QED) is 0.719. The molecule has 0 bridgehead atoms. The van der Waals surface area contributed by atoms with E-state index in [0.717, 1.165) is 16.9 Å². The van der Waals surface area contributed by atoms with Gasteiger partial charge in [-0.3, -0.25) is 9.59 Å². The van der Waals surface area contributed by atoms with Crippen LogP contribution < -0.4 is 14.8 Å². The zero-order valence-electron chi connectivity index (χ0n) is 16.1. The van der Waals surface area contributed by atoms with Gasteiger partial charge in [0.1, 0.15) is 11.5 Å². The van der Waals surface area contributed by atoms with Gasteiger partial charge in [-0.1, -0.05) is 17.7 Å². The molecule has 27 heavy (non-hydrogen) atoms. The monoisotopic (exact) mass is 371 g/mol. The largest absolute Gasteiger partial charge is 0.496 e. The summed E-state index contributed by atoms with van der Waals surface area (Å²) in [6.07, 6.45) is -0.884. The van der Waals surface area contributed by atoms with Crippen LogP contribution in [0.4, 0.5) is 5.69 Å². The first-order valence-corrected chi connectivity index (χ1v) is 8.79. The summed E-state index contributed by atoms with van der Waals surface area (Å²) < 4.78 is 15.9. The van der Waals surface area contributed by atoms with Crippen molar-refractivity contribution >= 4 is 17.6 Å². The van der Waals surface area contributed by atoms with Crippen molar-refractivity contribution in [2.75, 3.05) is 19.0 Å². The Hall–Kier alpha value is -3.02. The Labute approximate surface area is 159 Å². The molecule has 0 aliphatic carbocycles. The van der Waals surface area contributed by atoms with Crippen LogP contribution >= 0.6 is 0 Å². The van der Waals surface area contributed by atoms with Crippen LogP contribution in [0.1, 0.15) is 25.0 Å². The maximum atomic E-state index is 12.2. The molecule has 0 saturated carbocycles. The Morgan fingerprint density at radius 3 is 2.44 bits per heavy atom. The number of aryl methyl sites for hydroxylation is 1. The van der Waals surface area contributed by atoms with Gasteiger partial charge in [0.15, 0.2) is 6.10 Å². The van der Waals surface area contributed by atoms with Crippen molar-refractivity contribution in [3.63, 3.8) is 0 Å². The van der Waals surface area contributed by atoms with Gasteiger partial charge in [-0.25, -0.2) is 0 Å². The fourth-order valence-electron chi connectivity index (χ4n) is 2.54. The predicted molar refractivity (Wildman–Crippen MR) is 103 cm³/mol. The molecule has 0 radical (unpaired) electrons. The van der Waals surface area contributed by atoms with Gasteiger partial charge in [0.05, 0.1) is 20.1 Å². The highest BCUT2D eigenvalue weighted by Gasteiger charge is 2.19. The molecule has 0 aliphatic rings. The van der Waals surface area contributed by atoms with Crippen LogP contribution in [0.25, 0.3) is 0 Å². The fourth-order valence-corrected chi connectivity index (χ4v) is 2.54. The summed E-state index contributed by atoms with van der Waals surface area (Å²) in [4.78, 5) is 24.4. The molecular weight excluding hydrogens is 346 g/mol. The molecular formula is C21H25NO5. The van der Waals surface area contributed by atoms with Crippen LogP contribution in [-0.4, -0.2) is 31.7 Å². The summed E-state index contributed by atoms with van der Waals surface area (Å²) in [7, 11) is 1.55. The van der Waals surface area contributed by atoms with Crippen LogP contribution in [0.5, 0.6) is 11.5 Å². The predicted octanol–water partition coefficient (Wildman–Crippen LogP) is 3.52. The first kappa shape index (κ1) is 20.3. The van der Waals surface area contributed by atoms with E-state index in [4.69, 9.17) is 14.2 Å². The zero-order valence-corrected chi connectivity index (χ0v) is 16.1. The Kier molecular flexibility index (Phi) is 7.23. The lowest BCUT2D eigenvalue weighted by molar-refractivity contribution is -0.152. The van der Waals surface area contributed by atoms with Crippen molar-refractivity contribution in [2.24, 2.45) is 0 Å². The molecule has 0 aromatic heterocycles. The second-order valence-corrected chi connectivity index (χ2v) is 6.07. The van der Waals surface area contributed by atoms with E-state index >= 15 is 0 Å². The van der Waals surface area contributed by atoms with Crippen LogP contribution in [0.2, 0.25) is 0 Å². The smallest absolute Gasteiger partial charge is 0.311 e. The number of ether oxygens (including phenoxy) is 3. The van der Waals surface area contributed by atoms with E-state index < -0.39 is 18.0 Å². The average Bonchev–Trinajstić information content (AvgIpc) is 2.63. The lowest BCUT2D eigenvalue weighted by atomic mass is 10.1. The topological polar surface area (TPSA) is 73.9 Å². The van der Waals surface area contributed by atoms with E-state index in [0.29, 0.717) is 18.0 Å². The van der Waals surface area contributed by atoms with Crippen molar-refractivity contribution in [2.45, 2.75) is 33.3 Å². The number of carbonyl (C=O) groups excluding carboxylic acids is 2. The maximum absolute atomic E-state index is 12.2. The van der Waals surface area contributed by atoms with Crippen LogP contribution in [0, 0.1) is 6.92 Å². The number of esters is 1. The second-order valence-electron chi connectivity index (χ2n) is 6.07. The van der Waals surface area contributed by atoms with Gasteiger partial charge in [0.25, 0.3) is 5.91 Å². The van der Waals surface area contributed by atoms with Crippen molar-refractivity contribution in [1.82, 2.24) is 0 Å². The van der Waals surface area contributed by atoms with Crippen LogP contribution in [0.15, 0.2) is 42.5 Å². The van der Waals surface area contributed by atoms with Gasteiger partial charge < -0.3 is 19.5 Å². The number of hydrogen-bond acceptors (Lipinski definition) is 5. The standard InChI is InChI=1S/C21H25NO5/c1-5-26-18-9-7-17(8-10-18)22-21(24)15(3)27-20(23)13-16-12-14(2)6-11-19(16)25-4/h6-12,15H,5,13H2,1-4H3,(H,22,24)/t15-/m1/s1. The number of hydrogen-bond donors (Lipinski definition) is 1. The van der Waals surface area contributed by atoms with Gasteiger partial charge in [-0.05, 0) is 51.1 Å². The number of anilines is 1. The highest BCUT2D eigenvalue weighted by Crippen LogP contribution is 2.21. The normalized spacial score (nSPS) is 11.4. The Morgan fingerprint density at radius 1 is 1.11 bits per heavy atom. The van der Waals surface area contributed by atoms with Crippen molar-refractivity contribution in [3.8, 4) is 11.5 Å². The minimum absolute atomic E-state index is 0.0333. The molecule has 2 aromatic carbocycles. The summed E-state index contributed by atoms with van der Waals surface area (Å²) in [6, 6.07) is 12.6. The Balaban J connectivity index is 1.91. The van der Waals surface area contributed by atoms with Crippen molar-refractivity contribution in [3.05, 3.63) is 53.6 Å². The molecule has 0 saturated heterocycles. The molecule has 0 spiro atoms. The Morgan fingerprint density at radius 2 is 1.81 bits per heavy atom. The molecule has 6 nitrogen and oxygen atoms in total. The lowest BCUT2D eigenvalue weighted by Crippen LogP contribution is -2.30. The third-order valence-corrected chi connectivity index (χ3v) is 3.88. The molecule has 0 fully saturated rings. The number of benzene rings is 2. The molecule has 0 unspecified atom stereocenters. The summed E-state index contributed by atoms with van der Waals surface area (Å²) in [5.41, 5.74) is 2.34. The van der Waals surface area contributed by atoms with E-state index in [1.54, 1.807) is 37.4 Å². The number of carbonyl (C=O) groups is 2. The molecule has 0 aliphatic heterocycles. The summed E-state index contributed by atoms with van der Waals surface area (Å²) in [5, 5.41) is 2.72. The second kappa shape index (κ2) is 9.62. The van der Waals surface area contributed by atoms with Crippen LogP contribution in [-0.2, 0) is 20.7 Å². The molecule has 1 N–H and O–H groups in total. The van der Waals surface area contributed by atoms with Gasteiger partial charge in [-0.15, -0.1) is 0 Å². The lowest BCUT2D eigenvalue weighted by Gasteiger charge is -2.15. The molecule has 6 heteroatoms. The van der Waals surface area contributed by atoms with Crippen LogP contribution in [0.3, 0.4) is 0 Å². The zero-order chi connectivity index (χ0) is 19.8. The van der Waals surface area contributed by atoms with E-state index in [1.165, 1.54) is 6.92 Å².